The molecule has 0 bridgehead atoms. The van der Waals surface area contributed by atoms with Crippen molar-refractivity contribution in [2.24, 2.45) is 0 Å². The van der Waals surface area contributed by atoms with E-state index in [9.17, 15) is 39.3 Å². The first-order valence-corrected chi connectivity index (χ1v) is 16.1. The van der Waals surface area contributed by atoms with Gasteiger partial charge in [0, 0.05) is 21.7 Å². The molecule has 52 heavy (non-hydrogen) atoms. The number of methoxy groups -OCH3 is 1. The summed E-state index contributed by atoms with van der Waals surface area (Å²) in [5.74, 6) is -3.44. The molecule has 274 valence electrons. The molecule has 4 aromatic rings. The van der Waals surface area contributed by atoms with Crippen LogP contribution in [0.1, 0.15) is 91.4 Å². The van der Waals surface area contributed by atoms with Crippen molar-refractivity contribution in [3.05, 3.63) is 110 Å². The van der Waals surface area contributed by atoms with Crippen molar-refractivity contribution < 1.29 is 58.2 Å². The molecule has 0 aliphatic carbocycles. The van der Waals surface area contributed by atoms with E-state index in [2.05, 4.69) is 0 Å². The van der Waals surface area contributed by atoms with Crippen LogP contribution in [0.5, 0.6) is 28.7 Å². The number of benzene rings is 4. The van der Waals surface area contributed by atoms with Crippen molar-refractivity contribution >= 4 is 41.6 Å². The molecule has 0 spiro atoms. The number of hydrogen-bond acceptors (Lipinski definition) is 11. The number of carbonyl (C=O) groups excluding carboxylic acids is 4. The van der Waals surface area contributed by atoms with Gasteiger partial charge in [0.15, 0.2) is 17.7 Å². The van der Waals surface area contributed by atoms with Gasteiger partial charge in [-0.25, -0.2) is 14.4 Å². The predicted molar refractivity (Wildman–Crippen MR) is 192 cm³/mol. The number of hydrogen-bond donors (Lipinski definition) is 3. The van der Waals surface area contributed by atoms with Gasteiger partial charge < -0.3 is 34.3 Å². The summed E-state index contributed by atoms with van der Waals surface area (Å²) in [6.45, 7) is 11.2. The van der Waals surface area contributed by atoms with Crippen LogP contribution < -0.4 is 14.2 Å². The Morgan fingerprint density at radius 3 is 1.85 bits per heavy atom. The average molecular weight is 735 g/mol. The smallest absolute Gasteiger partial charge is 0.350 e. The monoisotopic (exact) mass is 734 g/mol. The van der Waals surface area contributed by atoms with Gasteiger partial charge in [-0.1, -0.05) is 11.6 Å². The van der Waals surface area contributed by atoms with Crippen LogP contribution in [0, 0.1) is 20.8 Å². The summed E-state index contributed by atoms with van der Waals surface area (Å²) < 4.78 is 21.2. The van der Waals surface area contributed by atoms with Gasteiger partial charge in [0.2, 0.25) is 0 Å². The van der Waals surface area contributed by atoms with Crippen LogP contribution in [0.4, 0.5) is 0 Å². The topological polar surface area (TPSA) is 183 Å². The van der Waals surface area contributed by atoms with Crippen molar-refractivity contribution in [2.75, 3.05) is 7.11 Å². The Labute approximate surface area is 305 Å². The van der Waals surface area contributed by atoms with Gasteiger partial charge in [-0.05, 0) is 120 Å². The Bertz CT molecular complexity index is 2000. The number of carboxylic acids is 1. The number of rotatable bonds is 11. The summed E-state index contributed by atoms with van der Waals surface area (Å²) in [5.41, 5.74) is -0.346. The van der Waals surface area contributed by atoms with Crippen LogP contribution in [0.25, 0.3) is 0 Å². The number of ketones is 1. The van der Waals surface area contributed by atoms with E-state index in [0.717, 1.165) is 0 Å². The van der Waals surface area contributed by atoms with Crippen molar-refractivity contribution in [1.29, 1.82) is 0 Å². The minimum absolute atomic E-state index is 0.0419. The van der Waals surface area contributed by atoms with Gasteiger partial charge in [-0.15, -0.1) is 0 Å². The molecule has 0 aliphatic heterocycles. The fraction of sp³-hybridized carbons (Fsp3) is 0.256. The second-order valence-corrected chi connectivity index (χ2v) is 12.7. The van der Waals surface area contributed by atoms with Gasteiger partial charge >= 0.3 is 17.9 Å². The van der Waals surface area contributed by atoms with Crippen LogP contribution in [-0.4, -0.2) is 64.1 Å². The van der Waals surface area contributed by atoms with Gasteiger partial charge in [-0.2, -0.15) is 0 Å². The quantitative estimate of drug-likeness (QED) is 0.0600. The lowest BCUT2D eigenvalue weighted by molar-refractivity contribution is -0.163. The number of esters is 2. The lowest BCUT2D eigenvalue weighted by atomic mass is 10.0. The average Bonchev–Trinajstić information content (AvgIpc) is 3.07. The number of aldehydes is 1. The van der Waals surface area contributed by atoms with Crippen LogP contribution in [0.3, 0.4) is 0 Å². The highest BCUT2D eigenvalue weighted by Crippen LogP contribution is 2.36. The number of phenols is 2. The van der Waals surface area contributed by atoms with Crippen LogP contribution in [0.15, 0.2) is 60.7 Å². The summed E-state index contributed by atoms with van der Waals surface area (Å²) in [4.78, 5) is 59.7. The van der Waals surface area contributed by atoms with Crippen molar-refractivity contribution in [2.45, 2.75) is 60.2 Å². The lowest BCUT2D eigenvalue weighted by Crippen LogP contribution is -2.40. The van der Waals surface area contributed by atoms with E-state index in [1.807, 2.05) is 0 Å². The van der Waals surface area contributed by atoms with Crippen LogP contribution in [-0.2, 0) is 9.53 Å². The van der Waals surface area contributed by atoms with E-state index in [-0.39, 0.29) is 51.2 Å². The summed E-state index contributed by atoms with van der Waals surface area (Å²) in [5, 5.41) is 30.1. The van der Waals surface area contributed by atoms with E-state index in [1.165, 1.54) is 40.0 Å². The highest BCUT2D eigenvalue weighted by molar-refractivity contribution is 6.30. The first kappa shape index (κ1) is 40.5. The molecule has 0 aliphatic rings. The number of aromatic carboxylic acids is 1. The molecule has 0 radical (unpaired) electrons. The second kappa shape index (κ2) is 16.9. The fourth-order valence-electron chi connectivity index (χ4n) is 4.85. The molecule has 0 atom stereocenters. The minimum Gasteiger partial charge on any atom is -0.507 e. The SMILES string of the molecule is CC(C)OC(=O)C(C)(C)Oc1ccc(C(=O)c2ccc(Cl)cc2)cc1.COc1cc(C)c(C(=O)Oc2cc(C)c(O)c(C(=O)O)c2C)c(O)c1C=O. The first-order chi connectivity index (χ1) is 24.3. The molecular weight excluding hydrogens is 696 g/mol. The van der Waals surface area contributed by atoms with Crippen molar-refractivity contribution in [3.8, 4) is 28.7 Å². The number of phenolic OH excluding ortho intramolecular Hbond substituents is 1. The Hall–Kier alpha value is -5.88. The van der Waals surface area contributed by atoms with Gasteiger partial charge in [0.05, 0.1) is 18.8 Å². The molecule has 0 saturated carbocycles. The molecule has 4 rings (SSSR count). The highest BCUT2D eigenvalue weighted by atomic mass is 35.5. The predicted octanol–water partition coefficient (Wildman–Crippen LogP) is 7.44. The Kier molecular flexibility index (Phi) is 13.2. The van der Waals surface area contributed by atoms with Gasteiger partial charge in [0.25, 0.3) is 0 Å². The van der Waals surface area contributed by atoms with Gasteiger partial charge in [0.1, 0.15) is 39.9 Å². The van der Waals surface area contributed by atoms with Crippen LogP contribution >= 0.6 is 11.6 Å². The third-order valence-corrected chi connectivity index (χ3v) is 7.84. The summed E-state index contributed by atoms with van der Waals surface area (Å²) in [6, 6.07) is 16.1. The number of carbonyl (C=O) groups is 5. The largest absolute Gasteiger partial charge is 0.507 e. The molecule has 0 unspecified atom stereocenters. The lowest BCUT2D eigenvalue weighted by Gasteiger charge is -2.25. The standard InChI is InChI=1S/C20H21ClO4.C19H18O8/c1-13(2)24-19(23)20(3,4)25-17-11-7-15(8-12-17)18(22)14-5-9-16(21)10-6-14;1-8-5-13(26-4)11(7-20)17(22)14(8)19(25)27-12-6-9(2)16(21)15(10(12)3)18(23)24/h5-13H,1-4H3;5-7,21-22H,1-4H3,(H,23,24). The molecule has 12 nitrogen and oxygen atoms in total. The Morgan fingerprint density at radius 1 is 0.808 bits per heavy atom. The third kappa shape index (κ3) is 9.46. The number of halogens is 1. The first-order valence-electron chi connectivity index (χ1n) is 15.8. The number of carboxylic acid groups (broad SMARTS) is 1. The molecule has 0 heterocycles. The number of aromatic hydroxyl groups is 2. The maximum absolute atomic E-state index is 12.6. The molecule has 4 aromatic carbocycles. The molecule has 0 aromatic heterocycles. The fourth-order valence-corrected chi connectivity index (χ4v) is 4.98. The Balaban J connectivity index is 0.000000281. The van der Waals surface area contributed by atoms with Crippen molar-refractivity contribution in [1.82, 2.24) is 0 Å². The van der Waals surface area contributed by atoms with Gasteiger partial charge in [-0.3, -0.25) is 9.59 Å². The number of aryl methyl sites for hydroxylation is 2. The van der Waals surface area contributed by atoms with E-state index < -0.39 is 35.0 Å². The summed E-state index contributed by atoms with van der Waals surface area (Å²) >= 11 is 5.84. The molecule has 0 amide bonds. The maximum Gasteiger partial charge on any atom is 0.350 e. The normalized spacial score (nSPS) is 10.8. The van der Waals surface area contributed by atoms with E-state index >= 15 is 0 Å². The molecule has 3 N–H and O–H groups in total. The molecular formula is C39H39ClO12. The maximum atomic E-state index is 12.6. The second-order valence-electron chi connectivity index (χ2n) is 12.3. The number of ether oxygens (including phenoxy) is 4. The molecule has 0 saturated heterocycles. The summed E-state index contributed by atoms with van der Waals surface area (Å²) in [6.07, 6.45) is 0.137. The van der Waals surface area contributed by atoms with Crippen LogP contribution in [0.2, 0.25) is 5.02 Å². The minimum atomic E-state index is -1.38. The molecule has 0 fully saturated rings. The van der Waals surface area contributed by atoms with E-state index in [4.69, 9.17) is 30.5 Å². The Morgan fingerprint density at radius 2 is 1.35 bits per heavy atom. The van der Waals surface area contributed by atoms with Crippen molar-refractivity contribution in [3.63, 3.8) is 0 Å². The van der Waals surface area contributed by atoms with E-state index in [1.54, 1.807) is 76.2 Å². The highest BCUT2D eigenvalue weighted by Gasteiger charge is 2.32. The van der Waals surface area contributed by atoms with E-state index in [0.29, 0.717) is 33.7 Å². The molecule has 13 heteroatoms. The third-order valence-electron chi connectivity index (χ3n) is 7.59. The zero-order valence-corrected chi connectivity index (χ0v) is 30.6. The summed E-state index contributed by atoms with van der Waals surface area (Å²) in [7, 11) is 1.31. The zero-order valence-electron chi connectivity index (χ0n) is 29.8. The zero-order chi connectivity index (χ0) is 39.1.